The SMILES string of the molecule is CCCC1CN(C(C)COC)C(Cc2ccccc2)CN1. The molecule has 0 radical (unpaired) electrons. The van der Waals surface area contributed by atoms with E-state index in [1.54, 1.807) is 7.11 Å². The van der Waals surface area contributed by atoms with Crippen LogP contribution in [0.1, 0.15) is 32.3 Å². The van der Waals surface area contributed by atoms with Crippen molar-refractivity contribution in [2.75, 3.05) is 26.8 Å². The first-order valence-corrected chi connectivity index (χ1v) is 8.26. The van der Waals surface area contributed by atoms with Gasteiger partial charge in [-0.25, -0.2) is 0 Å². The van der Waals surface area contributed by atoms with Crippen LogP contribution in [0.25, 0.3) is 0 Å². The van der Waals surface area contributed by atoms with Crippen molar-refractivity contribution >= 4 is 0 Å². The molecule has 118 valence electrons. The first-order valence-electron chi connectivity index (χ1n) is 8.26. The lowest BCUT2D eigenvalue weighted by Gasteiger charge is -2.43. The summed E-state index contributed by atoms with van der Waals surface area (Å²) in [5.74, 6) is 0. The normalized spacial score (nSPS) is 24.9. The van der Waals surface area contributed by atoms with Gasteiger partial charge >= 0.3 is 0 Å². The van der Waals surface area contributed by atoms with E-state index in [4.69, 9.17) is 4.74 Å². The van der Waals surface area contributed by atoms with Gasteiger partial charge < -0.3 is 10.1 Å². The second-order valence-corrected chi connectivity index (χ2v) is 6.24. The summed E-state index contributed by atoms with van der Waals surface area (Å²) in [5.41, 5.74) is 1.42. The van der Waals surface area contributed by atoms with Gasteiger partial charge in [0.05, 0.1) is 6.61 Å². The quantitative estimate of drug-likeness (QED) is 0.835. The minimum atomic E-state index is 0.477. The summed E-state index contributed by atoms with van der Waals surface area (Å²) in [6.07, 6.45) is 3.61. The monoisotopic (exact) mass is 290 g/mol. The Labute approximate surface area is 129 Å². The van der Waals surface area contributed by atoms with E-state index in [1.807, 2.05) is 0 Å². The molecule has 3 heteroatoms. The summed E-state index contributed by atoms with van der Waals surface area (Å²) in [7, 11) is 1.80. The Morgan fingerprint density at radius 3 is 2.76 bits per heavy atom. The minimum Gasteiger partial charge on any atom is -0.383 e. The van der Waals surface area contributed by atoms with Crippen LogP contribution in [0.15, 0.2) is 30.3 Å². The van der Waals surface area contributed by atoms with Crippen molar-refractivity contribution < 1.29 is 4.74 Å². The maximum atomic E-state index is 5.39. The first-order chi connectivity index (χ1) is 10.2. The molecule has 3 unspecified atom stereocenters. The van der Waals surface area contributed by atoms with Crippen LogP contribution < -0.4 is 5.32 Å². The highest BCUT2D eigenvalue weighted by Gasteiger charge is 2.30. The fourth-order valence-corrected chi connectivity index (χ4v) is 3.38. The summed E-state index contributed by atoms with van der Waals surface area (Å²) < 4.78 is 5.39. The Morgan fingerprint density at radius 1 is 1.33 bits per heavy atom. The van der Waals surface area contributed by atoms with Gasteiger partial charge in [0.1, 0.15) is 0 Å². The summed E-state index contributed by atoms with van der Waals surface area (Å²) in [5, 5.41) is 3.73. The van der Waals surface area contributed by atoms with Crippen molar-refractivity contribution in [2.45, 2.75) is 51.2 Å². The molecule has 2 rings (SSSR count). The van der Waals surface area contributed by atoms with Gasteiger partial charge in [0.15, 0.2) is 0 Å². The van der Waals surface area contributed by atoms with E-state index in [9.17, 15) is 0 Å². The molecule has 1 aliphatic heterocycles. The standard InChI is InChI=1S/C18H30N2O/c1-4-8-17-13-20(15(2)14-21-3)18(12-19-17)11-16-9-6-5-7-10-16/h5-7,9-10,15,17-19H,4,8,11-14H2,1-3H3. The Kier molecular flexibility index (Phi) is 6.68. The highest BCUT2D eigenvalue weighted by molar-refractivity contribution is 5.16. The zero-order valence-electron chi connectivity index (χ0n) is 13.7. The number of benzene rings is 1. The molecular formula is C18H30N2O. The molecule has 1 N–H and O–H groups in total. The molecule has 0 bridgehead atoms. The number of hydrogen-bond acceptors (Lipinski definition) is 3. The van der Waals surface area contributed by atoms with Crippen molar-refractivity contribution in [3.05, 3.63) is 35.9 Å². The molecule has 0 amide bonds. The summed E-state index contributed by atoms with van der Waals surface area (Å²) in [6, 6.07) is 12.5. The number of nitrogens with one attached hydrogen (secondary N) is 1. The molecule has 0 aromatic heterocycles. The topological polar surface area (TPSA) is 24.5 Å². The Bertz CT molecular complexity index is 395. The number of ether oxygens (including phenoxy) is 1. The average Bonchev–Trinajstić information content (AvgIpc) is 2.50. The van der Waals surface area contributed by atoms with Crippen molar-refractivity contribution in [2.24, 2.45) is 0 Å². The zero-order valence-corrected chi connectivity index (χ0v) is 13.7. The number of hydrogen-bond donors (Lipinski definition) is 1. The third-order valence-electron chi connectivity index (χ3n) is 4.47. The van der Waals surface area contributed by atoms with Crippen LogP contribution in [0.5, 0.6) is 0 Å². The van der Waals surface area contributed by atoms with Crippen LogP contribution in [-0.4, -0.2) is 49.8 Å². The van der Waals surface area contributed by atoms with Crippen molar-refractivity contribution in [3.63, 3.8) is 0 Å². The summed E-state index contributed by atoms with van der Waals surface area (Å²) >= 11 is 0. The second-order valence-electron chi connectivity index (χ2n) is 6.24. The molecule has 3 atom stereocenters. The van der Waals surface area contributed by atoms with E-state index in [1.165, 1.54) is 18.4 Å². The van der Waals surface area contributed by atoms with Crippen LogP contribution >= 0.6 is 0 Å². The Morgan fingerprint density at radius 2 is 2.10 bits per heavy atom. The number of nitrogens with zero attached hydrogens (tertiary/aromatic N) is 1. The molecule has 1 fully saturated rings. The van der Waals surface area contributed by atoms with Crippen LogP contribution in [0.4, 0.5) is 0 Å². The van der Waals surface area contributed by atoms with Crippen LogP contribution in [0, 0.1) is 0 Å². The maximum Gasteiger partial charge on any atom is 0.0615 e. The third-order valence-corrected chi connectivity index (χ3v) is 4.47. The fraction of sp³-hybridized carbons (Fsp3) is 0.667. The van der Waals surface area contributed by atoms with Gasteiger partial charge in [0.25, 0.3) is 0 Å². The van der Waals surface area contributed by atoms with Crippen LogP contribution in [0.2, 0.25) is 0 Å². The molecule has 1 aromatic carbocycles. The fourth-order valence-electron chi connectivity index (χ4n) is 3.38. The van der Waals surface area contributed by atoms with Gasteiger partial charge in [0, 0.05) is 38.3 Å². The second kappa shape index (κ2) is 8.52. The molecule has 0 aliphatic carbocycles. The lowest BCUT2D eigenvalue weighted by molar-refractivity contribution is 0.0399. The largest absolute Gasteiger partial charge is 0.383 e. The van der Waals surface area contributed by atoms with Crippen molar-refractivity contribution in [3.8, 4) is 0 Å². The lowest BCUT2D eigenvalue weighted by Crippen LogP contribution is -2.60. The number of methoxy groups -OCH3 is 1. The van der Waals surface area contributed by atoms with Crippen LogP contribution in [0.3, 0.4) is 0 Å². The maximum absolute atomic E-state index is 5.39. The molecule has 0 saturated carbocycles. The minimum absolute atomic E-state index is 0.477. The van der Waals surface area contributed by atoms with Gasteiger partial charge in [0.2, 0.25) is 0 Å². The van der Waals surface area contributed by atoms with Gasteiger partial charge in [-0.2, -0.15) is 0 Å². The molecular weight excluding hydrogens is 260 g/mol. The number of rotatable bonds is 7. The predicted molar refractivity (Wildman–Crippen MR) is 88.7 cm³/mol. The lowest BCUT2D eigenvalue weighted by atomic mass is 9.98. The molecule has 3 nitrogen and oxygen atoms in total. The van der Waals surface area contributed by atoms with E-state index >= 15 is 0 Å². The summed E-state index contributed by atoms with van der Waals surface area (Å²) in [4.78, 5) is 2.65. The number of piperazine rings is 1. The van der Waals surface area contributed by atoms with E-state index < -0.39 is 0 Å². The average molecular weight is 290 g/mol. The van der Waals surface area contributed by atoms with Gasteiger partial charge in [-0.15, -0.1) is 0 Å². The molecule has 1 heterocycles. The third kappa shape index (κ3) is 4.80. The Hall–Kier alpha value is -0.900. The van der Waals surface area contributed by atoms with E-state index in [2.05, 4.69) is 54.4 Å². The molecule has 0 spiro atoms. The van der Waals surface area contributed by atoms with Gasteiger partial charge in [-0.05, 0) is 25.3 Å². The molecule has 21 heavy (non-hydrogen) atoms. The van der Waals surface area contributed by atoms with Crippen molar-refractivity contribution in [1.29, 1.82) is 0 Å². The van der Waals surface area contributed by atoms with E-state index in [0.717, 1.165) is 26.1 Å². The highest BCUT2D eigenvalue weighted by Crippen LogP contribution is 2.18. The molecule has 1 aromatic rings. The van der Waals surface area contributed by atoms with E-state index in [0.29, 0.717) is 18.1 Å². The van der Waals surface area contributed by atoms with Crippen molar-refractivity contribution in [1.82, 2.24) is 10.2 Å². The Balaban J connectivity index is 2.02. The highest BCUT2D eigenvalue weighted by atomic mass is 16.5. The summed E-state index contributed by atoms with van der Waals surface area (Å²) in [6.45, 7) is 7.57. The zero-order chi connectivity index (χ0) is 15.1. The molecule has 1 aliphatic rings. The van der Waals surface area contributed by atoms with Gasteiger partial charge in [-0.1, -0.05) is 43.7 Å². The molecule has 1 saturated heterocycles. The van der Waals surface area contributed by atoms with E-state index in [-0.39, 0.29) is 0 Å². The van der Waals surface area contributed by atoms with Crippen LogP contribution in [-0.2, 0) is 11.2 Å². The predicted octanol–water partition coefficient (Wildman–Crippen LogP) is 2.71. The van der Waals surface area contributed by atoms with Gasteiger partial charge in [-0.3, -0.25) is 4.90 Å². The smallest absolute Gasteiger partial charge is 0.0615 e. The first kappa shape index (κ1) is 16.5.